The Hall–Kier alpha value is -2.60. The van der Waals surface area contributed by atoms with Crippen molar-refractivity contribution in [3.63, 3.8) is 0 Å². The molecule has 0 aliphatic carbocycles. The molecule has 6 nitrogen and oxygen atoms in total. The first kappa shape index (κ1) is 19.7. The van der Waals surface area contributed by atoms with Crippen LogP contribution < -0.4 is 16.6 Å². The summed E-state index contributed by atoms with van der Waals surface area (Å²) in [5.74, 6) is -0.202. The first-order valence-electron chi connectivity index (χ1n) is 8.20. The van der Waals surface area contributed by atoms with E-state index in [1.165, 1.54) is 36.8 Å². The minimum Gasteiger partial charge on any atom is -0.468 e. The van der Waals surface area contributed by atoms with Crippen molar-refractivity contribution in [2.45, 2.75) is 32.6 Å². The summed E-state index contributed by atoms with van der Waals surface area (Å²) in [4.78, 5) is 14.9. The smallest absolute Gasteiger partial charge is 0.231 e. The molecule has 136 valence electrons. The second-order valence-electron chi connectivity index (χ2n) is 5.54. The second kappa shape index (κ2) is 11.1. The number of benzene rings is 1. The number of amides is 1. The highest BCUT2D eigenvalue weighted by Gasteiger charge is 2.00. The molecule has 4 N–H and O–H groups in total. The molecule has 1 aromatic carbocycles. The Morgan fingerprint density at radius 3 is 2.77 bits per heavy atom. The molecule has 0 saturated heterocycles. The van der Waals surface area contributed by atoms with E-state index >= 15 is 0 Å². The van der Waals surface area contributed by atoms with Crippen molar-refractivity contribution >= 4 is 22.4 Å². The van der Waals surface area contributed by atoms with Gasteiger partial charge in [-0.3, -0.25) is 10.2 Å². The summed E-state index contributed by atoms with van der Waals surface area (Å²) in [7, 11) is 0. The highest BCUT2D eigenvalue weighted by molar-refractivity contribution is 7.13. The Labute approximate surface area is 157 Å². The van der Waals surface area contributed by atoms with Gasteiger partial charge in [0.25, 0.3) is 0 Å². The van der Waals surface area contributed by atoms with Crippen LogP contribution in [0.2, 0.25) is 0 Å². The number of hydrogen-bond donors (Lipinski definition) is 3. The van der Waals surface area contributed by atoms with E-state index in [1.54, 1.807) is 0 Å². The molecule has 26 heavy (non-hydrogen) atoms. The third-order valence-electron chi connectivity index (χ3n) is 3.39. The topological polar surface area (TPSA) is 89.3 Å². The van der Waals surface area contributed by atoms with E-state index in [2.05, 4.69) is 51.9 Å². The van der Waals surface area contributed by atoms with Gasteiger partial charge in [0, 0.05) is 24.8 Å². The van der Waals surface area contributed by atoms with Crippen LogP contribution in [0.4, 0.5) is 5.13 Å². The lowest BCUT2D eigenvalue weighted by atomic mass is 10.0. The highest BCUT2D eigenvalue weighted by Crippen LogP contribution is 2.14. The molecule has 0 aliphatic rings. The number of carbonyl (C=O) groups excluding carboxylic acids is 1. The number of allylic oxidation sites excluding steroid dienone is 1. The van der Waals surface area contributed by atoms with Crippen LogP contribution in [0, 0.1) is 12.8 Å². The molecule has 0 atom stereocenters. The molecule has 0 bridgehead atoms. The normalized spacial score (nSPS) is 10.0. The number of aromatic nitrogens is 1. The maximum Gasteiger partial charge on any atom is 0.231 e. The monoisotopic (exact) mass is 370 g/mol. The fourth-order valence-corrected chi connectivity index (χ4v) is 2.76. The number of ether oxygens (including phenoxy) is 1. The molecular formula is C19H22N4O2S. The summed E-state index contributed by atoms with van der Waals surface area (Å²) in [6, 6.07) is 8.46. The van der Waals surface area contributed by atoms with Crippen LogP contribution in [0.15, 0.2) is 41.6 Å². The second-order valence-corrected chi connectivity index (χ2v) is 6.43. The van der Waals surface area contributed by atoms with Gasteiger partial charge >= 0.3 is 0 Å². The molecule has 2 rings (SSSR count). The number of carbonyl (C=O) groups is 1. The molecule has 0 saturated carbocycles. The molecule has 0 fully saturated rings. The Balaban J connectivity index is 1.65. The molecule has 0 spiro atoms. The van der Waals surface area contributed by atoms with Gasteiger partial charge in [0.05, 0.1) is 5.69 Å². The van der Waals surface area contributed by atoms with Crippen molar-refractivity contribution in [1.82, 2.24) is 15.8 Å². The van der Waals surface area contributed by atoms with Gasteiger partial charge in [-0.25, -0.2) is 4.98 Å². The first-order valence-corrected chi connectivity index (χ1v) is 9.08. The van der Waals surface area contributed by atoms with E-state index in [9.17, 15) is 4.79 Å². The molecule has 2 aromatic rings. The third-order valence-corrected chi connectivity index (χ3v) is 4.11. The molecule has 7 heteroatoms. The average molecular weight is 370 g/mol. The molecule has 0 unspecified atom stereocenters. The molecular weight excluding hydrogens is 348 g/mol. The number of anilines is 1. The summed E-state index contributed by atoms with van der Waals surface area (Å²) < 4.78 is 4.96. The zero-order valence-electron chi connectivity index (χ0n) is 14.6. The van der Waals surface area contributed by atoms with Crippen molar-refractivity contribution in [1.29, 1.82) is 0 Å². The number of nitrogens with two attached hydrogens (primary N) is 1. The van der Waals surface area contributed by atoms with Crippen LogP contribution >= 0.6 is 11.3 Å². The van der Waals surface area contributed by atoms with Crippen molar-refractivity contribution in [2.75, 3.05) is 5.73 Å². The average Bonchev–Trinajstić information content (AvgIpc) is 3.03. The minimum absolute atomic E-state index is 0.202. The lowest BCUT2D eigenvalue weighted by molar-refractivity contribution is -0.120. The summed E-state index contributed by atoms with van der Waals surface area (Å²) in [6.07, 6.45) is 8.03. The van der Waals surface area contributed by atoms with Crippen LogP contribution in [0.3, 0.4) is 0 Å². The molecule has 2 radical (unpaired) electrons. The van der Waals surface area contributed by atoms with Gasteiger partial charge in [0.2, 0.25) is 12.6 Å². The zero-order chi connectivity index (χ0) is 18.6. The number of nitrogens with one attached hydrogen (secondary N) is 2. The molecule has 1 amide bonds. The minimum atomic E-state index is -0.202. The lowest BCUT2D eigenvalue weighted by Gasteiger charge is -2.02. The van der Waals surface area contributed by atoms with E-state index in [1.807, 2.05) is 5.38 Å². The maximum absolute atomic E-state index is 10.6. The summed E-state index contributed by atoms with van der Waals surface area (Å²) >= 11 is 1.49. The Kier molecular flexibility index (Phi) is 8.42. The van der Waals surface area contributed by atoms with Gasteiger partial charge < -0.3 is 10.5 Å². The Bertz CT molecular complexity index is 749. The van der Waals surface area contributed by atoms with Crippen LogP contribution in [0.5, 0.6) is 0 Å². The Morgan fingerprint density at radius 1 is 1.31 bits per heavy atom. The zero-order valence-corrected chi connectivity index (χ0v) is 15.4. The number of thiazole rings is 1. The van der Waals surface area contributed by atoms with Gasteiger partial charge in [0.15, 0.2) is 5.13 Å². The predicted octanol–water partition coefficient (Wildman–Crippen LogP) is 2.69. The van der Waals surface area contributed by atoms with Gasteiger partial charge in [-0.05, 0) is 30.4 Å². The largest absolute Gasteiger partial charge is 0.468 e. The standard InChI is InChI=1S/C19H22N4O2S/c1-15(24)23-21-14-25-12-3-2-5-16-8-10-17(11-9-16)6-4-7-18-13-26-19(20)22-18/h8-14,21H,4-7H2,1H3,(H2,20,22)(H,23,24). The van der Waals surface area contributed by atoms with Gasteiger partial charge in [0.1, 0.15) is 6.26 Å². The Morgan fingerprint density at radius 2 is 2.08 bits per heavy atom. The van der Waals surface area contributed by atoms with E-state index in [0.29, 0.717) is 11.6 Å². The van der Waals surface area contributed by atoms with E-state index in [-0.39, 0.29) is 5.91 Å². The van der Waals surface area contributed by atoms with Crippen LogP contribution in [-0.4, -0.2) is 10.9 Å². The summed E-state index contributed by atoms with van der Waals surface area (Å²) in [6.45, 7) is 2.64. The number of rotatable bonds is 10. The molecule has 1 aromatic heterocycles. The number of nitrogen functional groups attached to an aromatic ring is 1. The number of nitrogens with zero attached hydrogens (tertiary/aromatic N) is 1. The molecule has 0 aliphatic heterocycles. The van der Waals surface area contributed by atoms with Gasteiger partial charge in [-0.2, -0.15) is 5.43 Å². The fourth-order valence-electron chi connectivity index (χ4n) is 2.16. The quantitative estimate of drug-likeness (QED) is 0.259. The van der Waals surface area contributed by atoms with Crippen molar-refractivity contribution in [3.05, 3.63) is 71.3 Å². The van der Waals surface area contributed by atoms with Crippen molar-refractivity contribution < 1.29 is 9.53 Å². The van der Waals surface area contributed by atoms with Crippen molar-refractivity contribution in [2.24, 2.45) is 0 Å². The molecule has 1 heterocycles. The summed E-state index contributed by atoms with van der Waals surface area (Å²) in [5, 5.41) is 2.65. The van der Waals surface area contributed by atoms with Crippen LogP contribution in [-0.2, 0) is 28.8 Å². The van der Waals surface area contributed by atoms with Crippen LogP contribution in [0.25, 0.3) is 0 Å². The first-order chi connectivity index (χ1) is 12.6. The lowest BCUT2D eigenvalue weighted by Crippen LogP contribution is -2.33. The van der Waals surface area contributed by atoms with Gasteiger partial charge in [-0.15, -0.1) is 11.3 Å². The van der Waals surface area contributed by atoms with Crippen LogP contribution in [0.1, 0.15) is 30.2 Å². The fraction of sp³-hybridized carbons (Fsp3) is 0.263. The van der Waals surface area contributed by atoms with E-state index in [0.717, 1.165) is 30.5 Å². The SMILES string of the molecule is CC(=O)NN[CH]OC=C=[C]Cc1ccc(CCCc2csc(N)n2)cc1. The number of hydrazine groups is 1. The van der Waals surface area contributed by atoms with E-state index in [4.69, 9.17) is 10.5 Å². The number of aryl methyl sites for hydroxylation is 2. The maximum atomic E-state index is 10.6. The van der Waals surface area contributed by atoms with E-state index < -0.39 is 0 Å². The van der Waals surface area contributed by atoms with Crippen molar-refractivity contribution in [3.8, 4) is 0 Å². The predicted molar refractivity (Wildman–Crippen MR) is 102 cm³/mol. The summed E-state index contributed by atoms with van der Waals surface area (Å²) in [5.41, 5.74) is 16.8. The van der Waals surface area contributed by atoms with Gasteiger partial charge in [-0.1, -0.05) is 30.0 Å². The number of hydrogen-bond acceptors (Lipinski definition) is 6. The highest BCUT2D eigenvalue weighted by atomic mass is 32.1. The third kappa shape index (κ3) is 7.98.